The monoisotopic (exact) mass is 479 g/mol. The first-order chi connectivity index (χ1) is 16.3. The highest BCUT2D eigenvalue weighted by Crippen LogP contribution is 2.34. The summed E-state index contributed by atoms with van der Waals surface area (Å²) >= 11 is 1.59. The van der Waals surface area contributed by atoms with Gasteiger partial charge in [-0.2, -0.15) is 0 Å². The van der Waals surface area contributed by atoms with Gasteiger partial charge in [-0.1, -0.05) is 23.9 Å². The predicted octanol–water partition coefficient (Wildman–Crippen LogP) is 3.09. The van der Waals surface area contributed by atoms with Crippen LogP contribution >= 0.6 is 11.8 Å². The Labute approximate surface area is 203 Å². The molecular weight excluding hydrogens is 450 g/mol. The average Bonchev–Trinajstić information content (AvgIpc) is 3.48. The van der Waals surface area contributed by atoms with Crippen LogP contribution in [0.15, 0.2) is 54.1 Å². The van der Waals surface area contributed by atoms with E-state index in [4.69, 9.17) is 0 Å². The Morgan fingerprint density at radius 2 is 2.06 bits per heavy atom. The van der Waals surface area contributed by atoms with Gasteiger partial charge in [-0.15, -0.1) is 10.2 Å². The van der Waals surface area contributed by atoms with Gasteiger partial charge in [0.15, 0.2) is 5.16 Å². The van der Waals surface area contributed by atoms with Crippen LogP contribution in [-0.2, 0) is 7.05 Å². The summed E-state index contributed by atoms with van der Waals surface area (Å²) < 4.78 is 1.87. The number of nitrogens with zero attached hydrogens (tertiary/aromatic N) is 6. The van der Waals surface area contributed by atoms with Crippen molar-refractivity contribution in [3.05, 3.63) is 65.7 Å². The van der Waals surface area contributed by atoms with Gasteiger partial charge in [-0.05, 0) is 57.3 Å². The smallest absolute Gasteiger partial charge is 0.274 e. The number of anilines is 1. The number of nitrogens with one attached hydrogen (secondary N) is 1. The Morgan fingerprint density at radius 3 is 2.76 bits per heavy atom. The molecule has 1 aromatic carbocycles. The quantitative estimate of drug-likeness (QED) is 0.520. The Hall–Kier alpha value is -3.24. The SMILES string of the molecule is CC(Sc1nncn1C)c1cccc(NC(=O)c2cc(C(=O)N3CC[C@@H](N(C)C)C3)ccn2)c1. The van der Waals surface area contributed by atoms with E-state index >= 15 is 0 Å². The molecule has 4 rings (SSSR count). The second kappa shape index (κ2) is 10.4. The number of hydrogen-bond acceptors (Lipinski definition) is 7. The first kappa shape index (κ1) is 23.9. The molecule has 0 bridgehead atoms. The van der Waals surface area contributed by atoms with Gasteiger partial charge in [0.1, 0.15) is 12.0 Å². The molecule has 2 aromatic heterocycles. The highest BCUT2D eigenvalue weighted by molar-refractivity contribution is 7.99. The van der Waals surface area contributed by atoms with E-state index in [0.29, 0.717) is 30.4 Å². The third-order valence-electron chi connectivity index (χ3n) is 5.99. The van der Waals surface area contributed by atoms with Crippen LogP contribution < -0.4 is 5.32 Å². The van der Waals surface area contributed by atoms with Gasteiger partial charge >= 0.3 is 0 Å². The highest BCUT2D eigenvalue weighted by Gasteiger charge is 2.28. The number of amides is 2. The minimum absolute atomic E-state index is 0.0718. The lowest BCUT2D eigenvalue weighted by Crippen LogP contribution is -2.34. The molecule has 1 saturated heterocycles. The summed E-state index contributed by atoms with van der Waals surface area (Å²) in [4.78, 5) is 34.0. The molecule has 1 fully saturated rings. The van der Waals surface area contributed by atoms with Gasteiger partial charge in [0.2, 0.25) is 0 Å². The molecule has 1 N–H and O–H groups in total. The van der Waals surface area contributed by atoms with E-state index in [1.807, 2.05) is 54.9 Å². The summed E-state index contributed by atoms with van der Waals surface area (Å²) in [5.41, 5.74) is 2.40. The van der Waals surface area contributed by atoms with Gasteiger partial charge in [0, 0.05) is 48.9 Å². The molecule has 178 valence electrons. The number of aryl methyl sites for hydroxylation is 1. The Bertz CT molecular complexity index is 1180. The van der Waals surface area contributed by atoms with Crippen LogP contribution in [0.1, 0.15) is 45.0 Å². The van der Waals surface area contributed by atoms with Crippen LogP contribution in [0.25, 0.3) is 0 Å². The van der Waals surface area contributed by atoms with Crippen molar-refractivity contribution in [2.75, 3.05) is 32.5 Å². The number of rotatable bonds is 7. The van der Waals surface area contributed by atoms with E-state index in [1.165, 1.54) is 6.20 Å². The number of aromatic nitrogens is 4. The standard InChI is InChI=1S/C24H29N7O2S/c1-16(34-24-28-26-15-30(24)4)17-6-5-7-19(12-17)27-22(32)21-13-18(8-10-25-21)23(33)31-11-9-20(14-31)29(2)3/h5-8,10,12-13,15-16,20H,9,11,14H2,1-4H3,(H,27,32)/t16?,20-/m1/s1. The first-order valence-corrected chi connectivity index (χ1v) is 12.0. The largest absolute Gasteiger partial charge is 0.337 e. The molecule has 0 spiro atoms. The number of likely N-dealkylation sites (N-methyl/N-ethyl adjacent to an activating group) is 1. The van der Waals surface area contributed by atoms with Crippen LogP contribution in [0.4, 0.5) is 5.69 Å². The van der Waals surface area contributed by atoms with Gasteiger partial charge in [0.25, 0.3) is 11.8 Å². The Kier molecular flexibility index (Phi) is 7.28. The highest BCUT2D eigenvalue weighted by atomic mass is 32.2. The van der Waals surface area contributed by atoms with E-state index in [9.17, 15) is 9.59 Å². The molecule has 0 aliphatic carbocycles. The lowest BCUT2D eigenvalue weighted by atomic mass is 10.1. The number of carbonyl (C=O) groups excluding carboxylic acids is 2. The molecule has 34 heavy (non-hydrogen) atoms. The number of likely N-dealkylation sites (tertiary alicyclic amines) is 1. The minimum Gasteiger partial charge on any atom is -0.337 e. The molecule has 3 heterocycles. The van der Waals surface area contributed by atoms with Crippen molar-refractivity contribution < 1.29 is 9.59 Å². The van der Waals surface area contributed by atoms with Crippen molar-refractivity contribution in [1.82, 2.24) is 29.5 Å². The van der Waals surface area contributed by atoms with E-state index in [2.05, 4.69) is 32.3 Å². The zero-order valence-electron chi connectivity index (χ0n) is 19.8. The zero-order valence-corrected chi connectivity index (χ0v) is 20.6. The maximum Gasteiger partial charge on any atom is 0.274 e. The molecule has 1 unspecified atom stereocenters. The number of carbonyl (C=O) groups is 2. The number of hydrogen-bond donors (Lipinski definition) is 1. The van der Waals surface area contributed by atoms with E-state index in [-0.39, 0.29) is 22.8 Å². The predicted molar refractivity (Wildman–Crippen MR) is 132 cm³/mol. The van der Waals surface area contributed by atoms with Crippen LogP contribution in [0.2, 0.25) is 0 Å². The summed E-state index contributed by atoms with van der Waals surface area (Å²) in [5.74, 6) is -0.426. The lowest BCUT2D eigenvalue weighted by molar-refractivity contribution is 0.0783. The van der Waals surface area contributed by atoms with Crippen LogP contribution in [0, 0.1) is 0 Å². The Balaban J connectivity index is 1.43. The summed E-state index contributed by atoms with van der Waals surface area (Å²) in [6.07, 6.45) is 4.13. The first-order valence-electron chi connectivity index (χ1n) is 11.2. The topological polar surface area (TPSA) is 96.2 Å². The molecule has 3 aromatic rings. The van der Waals surface area contributed by atoms with Crippen molar-refractivity contribution in [1.29, 1.82) is 0 Å². The van der Waals surface area contributed by atoms with Crippen molar-refractivity contribution >= 4 is 29.3 Å². The van der Waals surface area contributed by atoms with Crippen molar-refractivity contribution in [3.8, 4) is 0 Å². The molecule has 2 atom stereocenters. The van der Waals surface area contributed by atoms with Crippen molar-refractivity contribution in [2.24, 2.45) is 7.05 Å². The summed E-state index contributed by atoms with van der Waals surface area (Å²) in [6.45, 7) is 3.48. The van der Waals surface area contributed by atoms with Crippen molar-refractivity contribution in [3.63, 3.8) is 0 Å². The number of benzene rings is 1. The zero-order chi connectivity index (χ0) is 24.2. The molecule has 2 amide bonds. The van der Waals surface area contributed by atoms with E-state index in [1.54, 1.807) is 30.2 Å². The summed E-state index contributed by atoms with van der Waals surface area (Å²) in [7, 11) is 5.96. The fourth-order valence-electron chi connectivity index (χ4n) is 3.89. The average molecular weight is 480 g/mol. The third kappa shape index (κ3) is 5.45. The lowest BCUT2D eigenvalue weighted by Gasteiger charge is -2.20. The van der Waals surface area contributed by atoms with Gasteiger partial charge in [-0.25, -0.2) is 0 Å². The normalized spacial score (nSPS) is 16.6. The van der Waals surface area contributed by atoms with Crippen molar-refractivity contribution in [2.45, 2.75) is 29.8 Å². The second-order valence-corrected chi connectivity index (χ2v) is 9.96. The molecule has 9 nitrogen and oxygen atoms in total. The van der Waals surface area contributed by atoms with Gasteiger partial charge < -0.3 is 19.7 Å². The van der Waals surface area contributed by atoms with E-state index < -0.39 is 0 Å². The molecular formula is C24H29N7O2S. The van der Waals surface area contributed by atoms with E-state index in [0.717, 1.165) is 17.1 Å². The van der Waals surface area contributed by atoms with Crippen LogP contribution in [-0.4, -0.2) is 74.6 Å². The maximum absolute atomic E-state index is 13.0. The van der Waals surface area contributed by atoms with Gasteiger partial charge in [-0.3, -0.25) is 14.6 Å². The maximum atomic E-state index is 13.0. The molecule has 0 radical (unpaired) electrons. The molecule has 0 saturated carbocycles. The fourth-order valence-corrected chi connectivity index (χ4v) is 4.79. The fraction of sp³-hybridized carbons (Fsp3) is 0.375. The number of thioether (sulfide) groups is 1. The molecule has 1 aliphatic heterocycles. The minimum atomic E-state index is -0.354. The van der Waals surface area contributed by atoms with Crippen LogP contribution in [0.3, 0.4) is 0 Å². The summed E-state index contributed by atoms with van der Waals surface area (Å²) in [5, 5.41) is 11.9. The second-order valence-electron chi connectivity index (χ2n) is 8.65. The van der Waals surface area contributed by atoms with Crippen LogP contribution in [0.5, 0.6) is 0 Å². The van der Waals surface area contributed by atoms with Gasteiger partial charge in [0.05, 0.1) is 0 Å². The Morgan fingerprint density at radius 1 is 1.24 bits per heavy atom. The summed E-state index contributed by atoms with van der Waals surface area (Å²) in [6, 6.07) is 11.3. The number of pyridine rings is 1. The molecule has 1 aliphatic rings. The third-order valence-corrected chi connectivity index (χ3v) is 7.19. The molecule has 10 heteroatoms.